The topological polar surface area (TPSA) is 114 Å². The van der Waals surface area contributed by atoms with E-state index in [1.807, 2.05) is 43.3 Å². The first kappa shape index (κ1) is 25.2. The minimum absolute atomic E-state index is 0.102. The minimum Gasteiger partial charge on any atom is -0.480 e. The van der Waals surface area contributed by atoms with Gasteiger partial charge in [0.15, 0.2) is 0 Å². The van der Waals surface area contributed by atoms with Crippen molar-refractivity contribution < 1.29 is 29.0 Å². The highest BCUT2D eigenvalue weighted by Crippen LogP contribution is 2.44. The van der Waals surface area contributed by atoms with Crippen LogP contribution in [0.25, 0.3) is 11.1 Å². The number of hydrogen-bond acceptors (Lipinski definition) is 5. The van der Waals surface area contributed by atoms with Gasteiger partial charge in [0, 0.05) is 26.1 Å². The summed E-state index contributed by atoms with van der Waals surface area (Å²) in [4.78, 5) is 36.9. The summed E-state index contributed by atoms with van der Waals surface area (Å²) in [6.45, 7) is 2.28. The lowest BCUT2D eigenvalue weighted by molar-refractivity contribution is -0.142. The zero-order valence-electron chi connectivity index (χ0n) is 19.6. The molecule has 182 valence electrons. The van der Waals surface area contributed by atoms with Crippen molar-refractivity contribution in [3.05, 3.63) is 59.7 Å². The molecule has 0 aromatic heterocycles. The van der Waals surface area contributed by atoms with Crippen molar-refractivity contribution in [3.63, 3.8) is 0 Å². The number of alkyl carbamates (subject to hydrolysis) is 1. The predicted octanol–water partition coefficient (Wildman–Crippen LogP) is 3.69. The molecule has 0 aliphatic heterocycles. The van der Waals surface area contributed by atoms with E-state index >= 15 is 0 Å². The number of carboxylic acid groups (broad SMARTS) is 1. The maximum atomic E-state index is 12.8. The van der Waals surface area contributed by atoms with Crippen molar-refractivity contribution in [2.24, 2.45) is 0 Å². The number of rotatable bonds is 12. The van der Waals surface area contributed by atoms with Gasteiger partial charge in [-0.05, 0) is 28.7 Å². The van der Waals surface area contributed by atoms with E-state index < -0.39 is 30.1 Å². The average molecular weight is 469 g/mol. The first-order chi connectivity index (χ1) is 16.5. The quantitative estimate of drug-likeness (QED) is 0.438. The van der Waals surface area contributed by atoms with E-state index in [2.05, 4.69) is 22.8 Å². The maximum Gasteiger partial charge on any atom is 0.407 e. The number of nitrogens with one attached hydrogen (secondary N) is 2. The second kappa shape index (κ2) is 12.2. The van der Waals surface area contributed by atoms with E-state index in [1.54, 1.807) is 0 Å². The molecular weight excluding hydrogens is 436 g/mol. The molecule has 8 nitrogen and oxygen atoms in total. The molecule has 2 atom stereocenters. The molecule has 0 saturated heterocycles. The lowest BCUT2D eigenvalue weighted by Gasteiger charge is -2.22. The first-order valence-corrected chi connectivity index (χ1v) is 11.6. The Labute approximate surface area is 199 Å². The van der Waals surface area contributed by atoms with Gasteiger partial charge in [0.05, 0.1) is 0 Å². The number of carbonyl (C=O) groups excluding carboxylic acids is 2. The number of ether oxygens (including phenoxy) is 2. The molecule has 8 heteroatoms. The van der Waals surface area contributed by atoms with Crippen molar-refractivity contribution in [3.8, 4) is 11.1 Å². The van der Waals surface area contributed by atoms with Gasteiger partial charge in [-0.2, -0.15) is 0 Å². The van der Waals surface area contributed by atoms with Gasteiger partial charge in [-0.1, -0.05) is 68.3 Å². The number of hydrogen-bond donors (Lipinski definition) is 3. The highest BCUT2D eigenvalue weighted by molar-refractivity contribution is 5.89. The summed E-state index contributed by atoms with van der Waals surface area (Å²) in [6.07, 6.45) is 1.25. The molecule has 1 aliphatic carbocycles. The van der Waals surface area contributed by atoms with Crippen LogP contribution in [0.3, 0.4) is 0 Å². The second-order valence-electron chi connectivity index (χ2n) is 8.35. The number of benzene rings is 2. The van der Waals surface area contributed by atoms with Crippen LogP contribution >= 0.6 is 0 Å². The number of carboxylic acids is 1. The smallest absolute Gasteiger partial charge is 0.407 e. The van der Waals surface area contributed by atoms with E-state index in [4.69, 9.17) is 9.47 Å². The summed E-state index contributed by atoms with van der Waals surface area (Å²) in [6, 6.07) is 14.1. The third-order valence-corrected chi connectivity index (χ3v) is 6.02. The maximum absolute atomic E-state index is 12.8. The zero-order chi connectivity index (χ0) is 24.5. The van der Waals surface area contributed by atoms with Crippen LogP contribution in [0.5, 0.6) is 0 Å². The van der Waals surface area contributed by atoms with E-state index in [9.17, 15) is 19.5 Å². The summed E-state index contributed by atoms with van der Waals surface area (Å²) in [5.74, 6) is -1.78. The molecule has 3 N–H and O–H groups in total. The molecule has 2 amide bonds. The average Bonchev–Trinajstić information content (AvgIpc) is 3.16. The van der Waals surface area contributed by atoms with Crippen LogP contribution < -0.4 is 10.6 Å². The van der Waals surface area contributed by atoms with Gasteiger partial charge < -0.3 is 25.2 Å². The van der Waals surface area contributed by atoms with Crippen LogP contribution in [-0.2, 0) is 19.1 Å². The number of methoxy groups -OCH3 is 1. The number of carbonyl (C=O) groups is 3. The molecule has 0 saturated carbocycles. The lowest BCUT2D eigenvalue weighted by atomic mass is 9.98. The van der Waals surface area contributed by atoms with Gasteiger partial charge in [-0.3, -0.25) is 4.79 Å². The minimum atomic E-state index is -1.10. The Hall–Kier alpha value is -3.39. The van der Waals surface area contributed by atoms with Crippen LogP contribution in [-0.4, -0.2) is 55.5 Å². The van der Waals surface area contributed by atoms with Crippen LogP contribution in [0.15, 0.2) is 48.5 Å². The Morgan fingerprint density at radius 1 is 0.941 bits per heavy atom. The standard InChI is InChI=1S/C26H32N2O6/c1-3-4-13-23(25(30)31)27-24(29)22(14-15-33-2)28-26(32)34-16-21-19-11-7-5-9-17(19)18-10-6-8-12-20(18)21/h5-12,21-23H,3-4,13-16H2,1-2H3,(H,27,29)(H,28,32)(H,30,31). The van der Waals surface area contributed by atoms with Gasteiger partial charge in [0.2, 0.25) is 5.91 Å². The van der Waals surface area contributed by atoms with Crippen molar-refractivity contribution in [1.82, 2.24) is 10.6 Å². The monoisotopic (exact) mass is 468 g/mol. The molecule has 0 heterocycles. The number of fused-ring (bicyclic) bond motifs is 3. The molecule has 1 aliphatic rings. The Morgan fingerprint density at radius 2 is 1.56 bits per heavy atom. The highest BCUT2D eigenvalue weighted by atomic mass is 16.5. The van der Waals surface area contributed by atoms with E-state index in [1.165, 1.54) is 7.11 Å². The molecule has 2 aromatic carbocycles. The Bertz CT molecular complexity index is 963. The predicted molar refractivity (Wildman–Crippen MR) is 128 cm³/mol. The van der Waals surface area contributed by atoms with Crippen LogP contribution in [0.4, 0.5) is 4.79 Å². The van der Waals surface area contributed by atoms with Gasteiger partial charge in [0.1, 0.15) is 18.7 Å². The van der Waals surface area contributed by atoms with Gasteiger partial charge in [-0.25, -0.2) is 9.59 Å². The van der Waals surface area contributed by atoms with Gasteiger partial charge in [0.25, 0.3) is 0 Å². The molecule has 0 bridgehead atoms. The summed E-state index contributed by atoms with van der Waals surface area (Å²) < 4.78 is 10.6. The number of unbranched alkanes of at least 4 members (excludes halogenated alkanes) is 1. The Kier molecular flexibility index (Phi) is 9.04. The second-order valence-corrected chi connectivity index (χ2v) is 8.35. The van der Waals surface area contributed by atoms with Crippen molar-refractivity contribution in [2.75, 3.05) is 20.3 Å². The third kappa shape index (κ3) is 6.14. The highest BCUT2D eigenvalue weighted by Gasteiger charge is 2.30. The summed E-state index contributed by atoms with van der Waals surface area (Å²) >= 11 is 0. The fourth-order valence-corrected chi connectivity index (χ4v) is 4.22. The van der Waals surface area contributed by atoms with E-state index in [0.29, 0.717) is 12.8 Å². The number of amides is 2. The Balaban J connectivity index is 1.64. The fraction of sp³-hybridized carbons (Fsp3) is 0.423. The van der Waals surface area contributed by atoms with Crippen molar-refractivity contribution in [1.29, 1.82) is 0 Å². The molecule has 0 fully saturated rings. The summed E-state index contributed by atoms with van der Waals surface area (Å²) in [5.41, 5.74) is 4.42. The van der Waals surface area contributed by atoms with E-state index in [-0.39, 0.29) is 25.6 Å². The molecule has 3 rings (SSSR count). The largest absolute Gasteiger partial charge is 0.480 e. The molecular formula is C26H32N2O6. The number of aliphatic carboxylic acids is 1. The first-order valence-electron chi connectivity index (χ1n) is 11.6. The fourth-order valence-electron chi connectivity index (χ4n) is 4.22. The summed E-state index contributed by atoms with van der Waals surface area (Å²) in [5, 5.41) is 14.5. The molecule has 2 aromatic rings. The summed E-state index contributed by atoms with van der Waals surface area (Å²) in [7, 11) is 1.49. The van der Waals surface area contributed by atoms with E-state index in [0.717, 1.165) is 28.7 Å². The molecule has 0 radical (unpaired) electrons. The zero-order valence-corrected chi connectivity index (χ0v) is 19.6. The van der Waals surface area contributed by atoms with Gasteiger partial charge >= 0.3 is 12.1 Å². The SMILES string of the molecule is CCCCC(NC(=O)C(CCOC)NC(=O)OCC1c2ccccc2-c2ccccc21)C(=O)O. The molecule has 2 unspecified atom stereocenters. The third-order valence-electron chi connectivity index (χ3n) is 6.02. The van der Waals surface area contributed by atoms with Crippen LogP contribution in [0.2, 0.25) is 0 Å². The van der Waals surface area contributed by atoms with Crippen LogP contribution in [0.1, 0.15) is 49.7 Å². The van der Waals surface area contributed by atoms with Crippen molar-refractivity contribution in [2.45, 2.75) is 50.6 Å². The van der Waals surface area contributed by atoms with Crippen LogP contribution in [0, 0.1) is 0 Å². The normalized spacial score (nSPS) is 13.9. The van der Waals surface area contributed by atoms with Gasteiger partial charge in [-0.15, -0.1) is 0 Å². The Morgan fingerprint density at radius 3 is 2.12 bits per heavy atom. The van der Waals surface area contributed by atoms with Crippen molar-refractivity contribution >= 4 is 18.0 Å². The molecule has 34 heavy (non-hydrogen) atoms. The molecule has 0 spiro atoms. The lowest BCUT2D eigenvalue weighted by Crippen LogP contribution is -2.52.